The minimum atomic E-state index is -0.558. The van der Waals surface area contributed by atoms with Gasteiger partial charge in [-0.25, -0.2) is 4.79 Å². The van der Waals surface area contributed by atoms with E-state index in [-0.39, 0.29) is 11.9 Å². The molecule has 1 unspecified atom stereocenters. The summed E-state index contributed by atoms with van der Waals surface area (Å²) in [6, 6.07) is 6.76. The van der Waals surface area contributed by atoms with Crippen LogP contribution in [0.2, 0.25) is 0 Å². The number of carbonyl (C=O) groups excluding carboxylic acids is 2. The van der Waals surface area contributed by atoms with Crippen LogP contribution in [0.4, 0.5) is 4.79 Å². The first-order valence-electron chi connectivity index (χ1n) is 7.46. The predicted octanol–water partition coefficient (Wildman–Crippen LogP) is 2.55. The molecule has 0 bridgehead atoms. The maximum Gasteiger partial charge on any atom is 0.312 e. The molecule has 0 fully saturated rings. The Morgan fingerprint density at radius 1 is 1.19 bits per heavy atom. The average molecular weight is 291 g/mol. The Hall–Kier alpha value is -2.04. The maximum atomic E-state index is 12.1. The molecule has 0 aliphatic rings. The smallest absolute Gasteiger partial charge is 0.312 e. The van der Waals surface area contributed by atoms with Crippen LogP contribution in [0, 0.1) is 0 Å². The fraction of sp³-hybridized carbons (Fsp3) is 0.500. The zero-order chi connectivity index (χ0) is 15.7. The van der Waals surface area contributed by atoms with Crippen molar-refractivity contribution in [3.05, 3.63) is 35.4 Å². The number of carbonyl (C=O) groups is 2. The van der Waals surface area contributed by atoms with Gasteiger partial charge in [0.25, 0.3) is 5.91 Å². The molecule has 0 aliphatic carbocycles. The van der Waals surface area contributed by atoms with Crippen LogP contribution in [0.1, 0.15) is 55.5 Å². The summed E-state index contributed by atoms with van der Waals surface area (Å²) in [5.74, 6) is -0.0617. The van der Waals surface area contributed by atoms with E-state index < -0.39 is 6.03 Å². The fourth-order valence-electron chi connectivity index (χ4n) is 2.04. The molecule has 3 amide bonds. The van der Waals surface area contributed by atoms with Gasteiger partial charge in [0.05, 0.1) is 0 Å². The van der Waals surface area contributed by atoms with Crippen LogP contribution < -0.4 is 16.4 Å². The Kier molecular flexibility index (Phi) is 7.29. The molecule has 1 atom stereocenters. The van der Waals surface area contributed by atoms with Gasteiger partial charge in [0.2, 0.25) is 0 Å². The number of benzene rings is 1. The van der Waals surface area contributed by atoms with Crippen molar-refractivity contribution in [1.82, 2.24) is 10.6 Å². The molecule has 0 heterocycles. The number of primary amides is 1. The van der Waals surface area contributed by atoms with Crippen molar-refractivity contribution in [1.29, 1.82) is 0 Å². The van der Waals surface area contributed by atoms with E-state index in [2.05, 4.69) is 17.6 Å². The van der Waals surface area contributed by atoms with Crippen LogP contribution in [-0.2, 0) is 6.54 Å². The number of nitrogens with two attached hydrogens (primary N) is 1. The standard InChI is InChI=1S/C16H25N3O2/c1-3-4-5-6-12(2)19-15(20)14-9-7-13(8-10-14)11-18-16(17)21/h7-10,12H,3-6,11H2,1-2H3,(H,19,20)(H3,17,18,21). The first kappa shape index (κ1) is 17.0. The van der Waals surface area contributed by atoms with Crippen LogP contribution in [0.25, 0.3) is 0 Å². The topological polar surface area (TPSA) is 84.2 Å². The second kappa shape index (κ2) is 9.00. The van der Waals surface area contributed by atoms with Gasteiger partial charge < -0.3 is 16.4 Å². The number of hydrogen-bond donors (Lipinski definition) is 3. The summed E-state index contributed by atoms with van der Waals surface area (Å²) in [6.07, 6.45) is 4.51. The highest BCUT2D eigenvalue weighted by atomic mass is 16.2. The van der Waals surface area contributed by atoms with Crippen LogP contribution in [0.5, 0.6) is 0 Å². The zero-order valence-electron chi connectivity index (χ0n) is 12.8. The summed E-state index contributed by atoms with van der Waals surface area (Å²) in [5.41, 5.74) is 6.54. The van der Waals surface area contributed by atoms with Crippen molar-refractivity contribution in [2.45, 2.75) is 52.1 Å². The monoisotopic (exact) mass is 291 g/mol. The third-order valence-electron chi connectivity index (χ3n) is 3.30. The Morgan fingerprint density at radius 2 is 1.86 bits per heavy atom. The second-order valence-corrected chi connectivity index (χ2v) is 5.29. The molecule has 1 rings (SSSR count). The number of nitrogens with one attached hydrogen (secondary N) is 2. The van der Waals surface area contributed by atoms with E-state index in [0.717, 1.165) is 18.4 Å². The quantitative estimate of drug-likeness (QED) is 0.643. The van der Waals surface area contributed by atoms with Crippen molar-refractivity contribution in [2.75, 3.05) is 0 Å². The molecule has 116 valence electrons. The van der Waals surface area contributed by atoms with Crippen molar-refractivity contribution in [2.24, 2.45) is 5.73 Å². The van der Waals surface area contributed by atoms with E-state index >= 15 is 0 Å². The summed E-state index contributed by atoms with van der Waals surface area (Å²) in [5, 5.41) is 5.51. The van der Waals surface area contributed by atoms with Gasteiger partial charge in [0.15, 0.2) is 0 Å². The molecule has 0 aliphatic heterocycles. The Bertz CT molecular complexity index is 457. The molecular formula is C16H25N3O2. The molecule has 0 radical (unpaired) electrons. The van der Waals surface area contributed by atoms with E-state index in [4.69, 9.17) is 5.73 Å². The van der Waals surface area contributed by atoms with Gasteiger partial charge in [-0.1, -0.05) is 38.3 Å². The van der Waals surface area contributed by atoms with E-state index in [1.807, 2.05) is 19.1 Å². The zero-order valence-corrected chi connectivity index (χ0v) is 12.8. The van der Waals surface area contributed by atoms with E-state index in [1.165, 1.54) is 12.8 Å². The van der Waals surface area contributed by atoms with Crippen molar-refractivity contribution >= 4 is 11.9 Å². The van der Waals surface area contributed by atoms with Gasteiger partial charge in [-0.15, -0.1) is 0 Å². The van der Waals surface area contributed by atoms with E-state index in [1.54, 1.807) is 12.1 Å². The predicted molar refractivity (Wildman–Crippen MR) is 83.9 cm³/mol. The summed E-state index contributed by atoms with van der Waals surface area (Å²) in [7, 11) is 0. The molecular weight excluding hydrogens is 266 g/mol. The molecule has 0 spiro atoms. The number of urea groups is 1. The van der Waals surface area contributed by atoms with Gasteiger partial charge in [0, 0.05) is 18.2 Å². The third-order valence-corrected chi connectivity index (χ3v) is 3.30. The van der Waals surface area contributed by atoms with Gasteiger partial charge >= 0.3 is 6.03 Å². The lowest BCUT2D eigenvalue weighted by atomic mass is 10.1. The molecule has 5 nitrogen and oxygen atoms in total. The average Bonchev–Trinajstić information content (AvgIpc) is 2.45. The number of amides is 3. The first-order valence-corrected chi connectivity index (χ1v) is 7.46. The third kappa shape index (κ3) is 6.79. The molecule has 1 aromatic carbocycles. The Balaban J connectivity index is 2.45. The Morgan fingerprint density at radius 3 is 2.43 bits per heavy atom. The largest absolute Gasteiger partial charge is 0.352 e. The summed E-state index contributed by atoms with van der Waals surface area (Å²) in [4.78, 5) is 22.7. The van der Waals surface area contributed by atoms with Crippen molar-refractivity contribution < 1.29 is 9.59 Å². The summed E-state index contributed by atoms with van der Waals surface area (Å²) in [6.45, 7) is 4.56. The number of rotatable bonds is 8. The highest BCUT2D eigenvalue weighted by Crippen LogP contribution is 2.07. The Labute approximate surface area is 126 Å². The summed E-state index contributed by atoms with van der Waals surface area (Å²) < 4.78 is 0. The number of unbranched alkanes of at least 4 members (excludes halogenated alkanes) is 2. The minimum absolute atomic E-state index is 0.0617. The second-order valence-electron chi connectivity index (χ2n) is 5.29. The van der Waals surface area contributed by atoms with Gasteiger partial charge in [0.1, 0.15) is 0 Å². The van der Waals surface area contributed by atoms with Gasteiger partial charge in [-0.3, -0.25) is 4.79 Å². The van der Waals surface area contributed by atoms with Crippen LogP contribution in [0.3, 0.4) is 0 Å². The van der Waals surface area contributed by atoms with Gasteiger partial charge in [-0.2, -0.15) is 0 Å². The van der Waals surface area contributed by atoms with E-state index in [9.17, 15) is 9.59 Å². The van der Waals surface area contributed by atoms with Crippen molar-refractivity contribution in [3.8, 4) is 0 Å². The molecule has 0 aromatic heterocycles. The lowest BCUT2D eigenvalue weighted by molar-refractivity contribution is 0.0938. The molecule has 0 saturated carbocycles. The fourth-order valence-corrected chi connectivity index (χ4v) is 2.04. The lowest BCUT2D eigenvalue weighted by Gasteiger charge is -2.13. The first-order chi connectivity index (χ1) is 10.0. The highest BCUT2D eigenvalue weighted by molar-refractivity contribution is 5.94. The SMILES string of the molecule is CCCCCC(C)NC(=O)c1ccc(CNC(N)=O)cc1. The van der Waals surface area contributed by atoms with Gasteiger partial charge in [-0.05, 0) is 31.0 Å². The summed E-state index contributed by atoms with van der Waals surface area (Å²) >= 11 is 0. The molecule has 21 heavy (non-hydrogen) atoms. The lowest BCUT2D eigenvalue weighted by Crippen LogP contribution is -2.32. The molecule has 5 heteroatoms. The molecule has 4 N–H and O–H groups in total. The molecule has 0 saturated heterocycles. The highest BCUT2D eigenvalue weighted by Gasteiger charge is 2.09. The molecule has 1 aromatic rings. The normalized spacial score (nSPS) is 11.7. The van der Waals surface area contributed by atoms with Crippen molar-refractivity contribution in [3.63, 3.8) is 0 Å². The maximum absolute atomic E-state index is 12.1. The van der Waals surface area contributed by atoms with Crippen LogP contribution >= 0.6 is 0 Å². The van der Waals surface area contributed by atoms with Crippen LogP contribution in [0.15, 0.2) is 24.3 Å². The van der Waals surface area contributed by atoms with Crippen LogP contribution in [-0.4, -0.2) is 18.0 Å². The minimum Gasteiger partial charge on any atom is -0.352 e. The number of hydrogen-bond acceptors (Lipinski definition) is 2. The van der Waals surface area contributed by atoms with E-state index in [0.29, 0.717) is 12.1 Å².